The number of hydrogen-bond donors (Lipinski definition) is 1. The molecule has 2 heteroatoms. The number of fused-ring (bicyclic) bond motifs is 6. The fourth-order valence-corrected chi connectivity index (χ4v) is 5.37. The van der Waals surface area contributed by atoms with E-state index in [1.807, 2.05) is 0 Å². The van der Waals surface area contributed by atoms with Crippen LogP contribution >= 0.6 is 0 Å². The average molecular weight is 437 g/mol. The van der Waals surface area contributed by atoms with Crippen LogP contribution in [-0.4, -0.2) is 9.55 Å². The van der Waals surface area contributed by atoms with E-state index in [2.05, 4.69) is 126 Å². The summed E-state index contributed by atoms with van der Waals surface area (Å²) in [5.74, 6) is 0. The fourth-order valence-electron chi connectivity index (χ4n) is 5.37. The molecule has 0 saturated carbocycles. The second kappa shape index (κ2) is 7.36. The van der Waals surface area contributed by atoms with Gasteiger partial charge in [-0.15, -0.1) is 0 Å². The summed E-state index contributed by atoms with van der Waals surface area (Å²) in [5, 5.41) is 5.11. The number of rotatable bonds is 3. The summed E-state index contributed by atoms with van der Waals surface area (Å²) in [5.41, 5.74) is 9.90. The van der Waals surface area contributed by atoms with Gasteiger partial charge in [0.25, 0.3) is 0 Å². The highest BCUT2D eigenvalue weighted by Crippen LogP contribution is 2.36. The smallest absolute Gasteiger partial charge is 0.0541 e. The van der Waals surface area contributed by atoms with Crippen molar-refractivity contribution in [3.8, 4) is 16.8 Å². The zero-order valence-corrected chi connectivity index (χ0v) is 19.0. The van der Waals surface area contributed by atoms with E-state index in [4.69, 9.17) is 0 Å². The quantitative estimate of drug-likeness (QED) is 0.286. The van der Waals surface area contributed by atoms with E-state index in [1.165, 1.54) is 66.0 Å². The van der Waals surface area contributed by atoms with Crippen molar-refractivity contribution in [1.82, 2.24) is 9.55 Å². The molecule has 7 rings (SSSR count). The van der Waals surface area contributed by atoms with E-state index < -0.39 is 0 Å². The van der Waals surface area contributed by atoms with Crippen molar-refractivity contribution in [2.75, 3.05) is 0 Å². The first-order valence-electron chi connectivity index (χ1n) is 11.9. The van der Waals surface area contributed by atoms with Crippen molar-refractivity contribution in [2.45, 2.75) is 13.3 Å². The Labute approximate surface area is 198 Å². The molecule has 0 fully saturated rings. The molecule has 1 N–H and O–H groups in total. The van der Waals surface area contributed by atoms with Crippen LogP contribution in [0.4, 0.5) is 0 Å². The molecule has 0 aliphatic heterocycles. The molecule has 0 amide bonds. The molecule has 0 bridgehead atoms. The van der Waals surface area contributed by atoms with Crippen LogP contribution in [0.15, 0.2) is 109 Å². The number of nitrogens with one attached hydrogen (secondary N) is 1. The van der Waals surface area contributed by atoms with E-state index >= 15 is 0 Å². The minimum atomic E-state index is 1.03. The highest BCUT2D eigenvalue weighted by molar-refractivity contribution is 6.11. The molecule has 0 unspecified atom stereocenters. The fraction of sp³-hybridized carbons (Fsp3) is 0.0625. The molecule has 0 spiro atoms. The Kier molecular flexibility index (Phi) is 4.16. The van der Waals surface area contributed by atoms with Crippen LogP contribution in [0.3, 0.4) is 0 Å². The first-order valence-corrected chi connectivity index (χ1v) is 11.9. The Balaban J connectivity index is 1.47. The number of aromatic amines is 1. The number of aryl methyl sites for hydroxylation is 1. The molecular formula is C32H24N2. The van der Waals surface area contributed by atoms with Gasteiger partial charge in [0, 0.05) is 38.3 Å². The maximum atomic E-state index is 3.54. The van der Waals surface area contributed by atoms with Gasteiger partial charge in [-0.2, -0.15) is 0 Å². The van der Waals surface area contributed by atoms with Gasteiger partial charge < -0.3 is 9.55 Å². The summed E-state index contributed by atoms with van der Waals surface area (Å²) in [6, 6.07) is 39.8. The second-order valence-corrected chi connectivity index (χ2v) is 9.04. The molecule has 162 valence electrons. The van der Waals surface area contributed by atoms with Crippen LogP contribution in [0, 0.1) is 0 Å². The minimum Gasteiger partial charge on any atom is -0.355 e. The van der Waals surface area contributed by atoms with E-state index in [1.54, 1.807) is 0 Å². The maximum absolute atomic E-state index is 3.54. The summed E-state index contributed by atoms with van der Waals surface area (Å²) >= 11 is 0. The van der Waals surface area contributed by atoms with Crippen LogP contribution < -0.4 is 0 Å². The van der Waals surface area contributed by atoms with Gasteiger partial charge in [-0.25, -0.2) is 0 Å². The Morgan fingerprint density at radius 3 is 2.15 bits per heavy atom. The first-order chi connectivity index (χ1) is 16.8. The van der Waals surface area contributed by atoms with E-state index in [0.29, 0.717) is 0 Å². The van der Waals surface area contributed by atoms with Crippen LogP contribution in [0.5, 0.6) is 0 Å². The Hall–Kier alpha value is -4.30. The van der Waals surface area contributed by atoms with Crippen molar-refractivity contribution >= 4 is 43.6 Å². The summed E-state index contributed by atoms with van der Waals surface area (Å²) in [6.45, 7) is 2.21. The van der Waals surface area contributed by atoms with Gasteiger partial charge in [0.15, 0.2) is 0 Å². The number of H-pyrrole nitrogens is 1. The van der Waals surface area contributed by atoms with E-state index in [0.717, 1.165) is 6.42 Å². The molecule has 2 aromatic heterocycles. The standard InChI is InChI=1S/C32H24N2/c1-2-21-8-7-9-24(18-21)34-31-13-6-4-11-26(31)28-20-23(15-17-32(28)34)22-14-16-30-27(19-22)25-10-3-5-12-29(25)33-30/h3-20,33H,2H2,1H3. The van der Waals surface area contributed by atoms with Gasteiger partial charge in [0.05, 0.1) is 11.0 Å². The Morgan fingerprint density at radius 1 is 0.559 bits per heavy atom. The van der Waals surface area contributed by atoms with Crippen molar-refractivity contribution < 1.29 is 0 Å². The molecular weight excluding hydrogens is 412 g/mol. The van der Waals surface area contributed by atoms with Gasteiger partial charge >= 0.3 is 0 Å². The van der Waals surface area contributed by atoms with Crippen LogP contribution in [0.25, 0.3) is 60.4 Å². The van der Waals surface area contributed by atoms with Gasteiger partial charge in [0.2, 0.25) is 0 Å². The normalized spacial score (nSPS) is 11.8. The average Bonchev–Trinajstić information content (AvgIpc) is 3.43. The summed E-state index contributed by atoms with van der Waals surface area (Å²) in [7, 11) is 0. The molecule has 0 saturated heterocycles. The molecule has 2 heterocycles. The predicted molar refractivity (Wildman–Crippen MR) is 145 cm³/mol. The molecule has 0 aliphatic carbocycles. The highest BCUT2D eigenvalue weighted by Gasteiger charge is 2.14. The van der Waals surface area contributed by atoms with E-state index in [9.17, 15) is 0 Å². The van der Waals surface area contributed by atoms with E-state index in [-0.39, 0.29) is 0 Å². The van der Waals surface area contributed by atoms with Crippen LogP contribution in [0.1, 0.15) is 12.5 Å². The maximum Gasteiger partial charge on any atom is 0.0541 e. The number of benzene rings is 5. The minimum absolute atomic E-state index is 1.03. The number of aromatic nitrogens is 2. The third kappa shape index (κ3) is 2.82. The molecule has 0 atom stereocenters. The third-order valence-corrected chi connectivity index (χ3v) is 7.09. The van der Waals surface area contributed by atoms with Crippen LogP contribution in [-0.2, 0) is 6.42 Å². The lowest BCUT2D eigenvalue weighted by Gasteiger charge is -2.10. The number of nitrogens with zero attached hydrogens (tertiary/aromatic N) is 1. The lowest BCUT2D eigenvalue weighted by Crippen LogP contribution is -1.95. The lowest BCUT2D eigenvalue weighted by molar-refractivity contribution is 1.11. The van der Waals surface area contributed by atoms with Gasteiger partial charge in [-0.1, -0.05) is 67.6 Å². The predicted octanol–water partition coefficient (Wildman–Crippen LogP) is 8.65. The second-order valence-electron chi connectivity index (χ2n) is 9.04. The SMILES string of the molecule is CCc1cccc(-n2c3ccccc3c3cc(-c4ccc5[nH]c6ccccc6c5c4)ccc32)c1. The summed E-state index contributed by atoms with van der Waals surface area (Å²) in [6.07, 6.45) is 1.03. The molecule has 5 aromatic carbocycles. The molecule has 7 aromatic rings. The van der Waals surface area contributed by atoms with Crippen molar-refractivity contribution in [3.05, 3.63) is 115 Å². The molecule has 2 nitrogen and oxygen atoms in total. The molecule has 0 aliphatic rings. The van der Waals surface area contributed by atoms with Gasteiger partial charge in [0.1, 0.15) is 0 Å². The Bertz CT molecular complexity index is 1850. The number of hydrogen-bond acceptors (Lipinski definition) is 0. The molecule has 34 heavy (non-hydrogen) atoms. The summed E-state index contributed by atoms with van der Waals surface area (Å²) < 4.78 is 2.40. The van der Waals surface area contributed by atoms with Crippen molar-refractivity contribution in [3.63, 3.8) is 0 Å². The largest absolute Gasteiger partial charge is 0.355 e. The summed E-state index contributed by atoms with van der Waals surface area (Å²) in [4.78, 5) is 3.54. The van der Waals surface area contributed by atoms with Crippen molar-refractivity contribution in [2.24, 2.45) is 0 Å². The number of para-hydroxylation sites is 2. The van der Waals surface area contributed by atoms with Crippen molar-refractivity contribution in [1.29, 1.82) is 0 Å². The monoisotopic (exact) mass is 436 g/mol. The van der Waals surface area contributed by atoms with Gasteiger partial charge in [-0.3, -0.25) is 0 Å². The lowest BCUT2D eigenvalue weighted by atomic mass is 10.0. The third-order valence-electron chi connectivity index (χ3n) is 7.09. The topological polar surface area (TPSA) is 20.7 Å². The zero-order valence-electron chi connectivity index (χ0n) is 19.0. The van der Waals surface area contributed by atoms with Crippen LogP contribution in [0.2, 0.25) is 0 Å². The van der Waals surface area contributed by atoms with Gasteiger partial charge in [-0.05, 0) is 71.6 Å². The Morgan fingerprint density at radius 2 is 1.26 bits per heavy atom. The zero-order chi connectivity index (χ0) is 22.6. The highest BCUT2D eigenvalue weighted by atomic mass is 15.0. The molecule has 0 radical (unpaired) electrons. The first kappa shape index (κ1) is 19.2.